The normalized spacial score (nSPS) is 18.2. The molecular formula is C13H26N2O2. The molecule has 0 saturated heterocycles. The molecule has 3 N–H and O–H groups in total. The van der Waals surface area contributed by atoms with Crippen LogP contribution in [0.4, 0.5) is 0 Å². The molecule has 1 fully saturated rings. The number of hydrogen-bond acceptors (Lipinski definition) is 3. The summed E-state index contributed by atoms with van der Waals surface area (Å²) in [6, 6.07) is 0.551. The van der Waals surface area contributed by atoms with Crippen molar-refractivity contribution in [1.82, 2.24) is 10.6 Å². The van der Waals surface area contributed by atoms with Crippen LogP contribution >= 0.6 is 0 Å². The molecule has 4 nitrogen and oxygen atoms in total. The minimum absolute atomic E-state index is 0.0913. The van der Waals surface area contributed by atoms with Gasteiger partial charge < -0.3 is 15.7 Å². The molecule has 1 atom stereocenters. The second-order valence-electron chi connectivity index (χ2n) is 5.14. The lowest BCUT2D eigenvalue weighted by Crippen LogP contribution is -2.38. The Morgan fingerprint density at radius 3 is 2.76 bits per heavy atom. The molecule has 1 unspecified atom stereocenters. The van der Waals surface area contributed by atoms with E-state index in [2.05, 4.69) is 10.6 Å². The zero-order valence-electron chi connectivity index (χ0n) is 10.9. The number of carbonyl (C=O) groups excluding carboxylic acids is 1. The highest BCUT2D eigenvalue weighted by Crippen LogP contribution is 2.17. The number of rotatable bonds is 8. The maximum absolute atomic E-state index is 11.5. The average molecular weight is 242 g/mol. The summed E-state index contributed by atoms with van der Waals surface area (Å²) < 4.78 is 0. The van der Waals surface area contributed by atoms with Crippen molar-refractivity contribution in [1.29, 1.82) is 0 Å². The molecule has 0 aromatic carbocycles. The largest absolute Gasteiger partial charge is 0.396 e. The van der Waals surface area contributed by atoms with Crippen LogP contribution in [-0.4, -0.2) is 36.8 Å². The first kappa shape index (κ1) is 14.5. The van der Waals surface area contributed by atoms with E-state index < -0.39 is 0 Å². The second-order valence-corrected chi connectivity index (χ2v) is 5.14. The van der Waals surface area contributed by atoms with Crippen LogP contribution in [0.15, 0.2) is 0 Å². The molecule has 0 aromatic heterocycles. The minimum Gasteiger partial charge on any atom is -0.396 e. The van der Waals surface area contributed by atoms with Crippen molar-refractivity contribution in [2.45, 2.75) is 51.5 Å². The lowest BCUT2D eigenvalue weighted by atomic mass is 10.1. The molecule has 17 heavy (non-hydrogen) atoms. The molecular weight excluding hydrogens is 216 g/mol. The number of nitrogens with one attached hydrogen (secondary N) is 2. The molecule has 1 aliphatic carbocycles. The standard InChI is InChI=1S/C13H26N2O2/c1-11(10-16)5-4-8-14-13(17)9-15-12-6-2-3-7-12/h11-12,15-16H,2-10H2,1H3,(H,14,17). The Bertz CT molecular complexity index is 215. The third-order valence-corrected chi connectivity index (χ3v) is 3.41. The molecule has 1 amide bonds. The van der Waals surface area contributed by atoms with Crippen LogP contribution in [0.1, 0.15) is 45.4 Å². The monoisotopic (exact) mass is 242 g/mol. The first-order valence-corrected chi connectivity index (χ1v) is 6.83. The van der Waals surface area contributed by atoms with Crippen molar-refractivity contribution >= 4 is 5.91 Å². The lowest BCUT2D eigenvalue weighted by Gasteiger charge is -2.12. The summed E-state index contributed by atoms with van der Waals surface area (Å²) in [6.07, 6.45) is 6.91. The Morgan fingerprint density at radius 2 is 2.12 bits per heavy atom. The number of amides is 1. The lowest BCUT2D eigenvalue weighted by molar-refractivity contribution is -0.120. The highest BCUT2D eigenvalue weighted by molar-refractivity contribution is 5.77. The molecule has 0 heterocycles. The molecule has 1 aliphatic rings. The topological polar surface area (TPSA) is 61.4 Å². The fraction of sp³-hybridized carbons (Fsp3) is 0.923. The summed E-state index contributed by atoms with van der Waals surface area (Å²) in [5.74, 6) is 0.428. The Hall–Kier alpha value is -0.610. The quantitative estimate of drug-likeness (QED) is 0.557. The Kier molecular flexibility index (Phi) is 7.21. The fourth-order valence-corrected chi connectivity index (χ4v) is 2.20. The van der Waals surface area contributed by atoms with E-state index in [9.17, 15) is 4.79 Å². The molecule has 0 bridgehead atoms. The van der Waals surface area contributed by atoms with E-state index in [1.165, 1.54) is 25.7 Å². The molecule has 0 aliphatic heterocycles. The van der Waals surface area contributed by atoms with Crippen LogP contribution in [0.5, 0.6) is 0 Å². The Balaban J connectivity index is 1.93. The van der Waals surface area contributed by atoms with Gasteiger partial charge in [0.2, 0.25) is 5.91 Å². The first-order chi connectivity index (χ1) is 8.22. The van der Waals surface area contributed by atoms with Crippen LogP contribution in [0.25, 0.3) is 0 Å². The third-order valence-electron chi connectivity index (χ3n) is 3.41. The molecule has 100 valence electrons. The van der Waals surface area contributed by atoms with Gasteiger partial charge in [0.1, 0.15) is 0 Å². The number of carbonyl (C=O) groups is 1. The van der Waals surface area contributed by atoms with Gasteiger partial charge in [0.05, 0.1) is 6.54 Å². The predicted molar refractivity (Wildman–Crippen MR) is 68.8 cm³/mol. The van der Waals surface area contributed by atoms with Gasteiger partial charge in [-0.25, -0.2) is 0 Å². The third kappa shape index (κ3) is 6.64. The maximum atomic E-state index is 11.5. The van der Waals surface area contributed by atoms with Crippen molar-refractivity contribution < 1.29 is 9.90 Å². The summed E-state index contributed by atoms with van der Waals surface area (Å²) in [7, 11) is 0. The highest BCUT2D eigenvalue weighted by Gasteiger charge is 2.14. The smallest absolute Gasteiger partial charge is 0.233 e. The Morgan fingerprint density at radius 1 is 1.41 bits per heavy atom. The van der Waals surface area contributed by atoms with E-state index in [1.54, 1.807) is 0 Å². The zero-order chi connectivity index (χ0) is 12.5. The maximum Gasteiger partial charge on any atom is 0.233 e. The van der Waals surface area contributed by atoms with Crippen molar-refractivity contribution in [2.24, 2.45) is 5.92 Å². The van der Waals surface area contributed by atoms with Gasteiger partial charge in [-0.3, -0.25) is 4.79 Å². The molecule has 1 rings (SSSR count). The van der Waals surface area contributed by atoms with Crippen molar-refractivity contribution in [3.05, 3.63) is 0 Å². The van der Waals surface area contributed by atoms with Crippen LogP contribution in [0.2, 0.25) is 0 Å². The van der Waals surface area contributed by atoms with Gasteiger partial charge in [0.15, 0.2) is 0 Å². The number of aliphatic hydroxyl groups excluding tert-OH is 1. The zero-order valence-corrected chi connectivity index (χ0v) is 10.9. The molecule has 0 radical (unpaired) electrons. The van der Waals surface area contributed by atoms with Crippen LogP contribution in [0.3, 0.4) is 0 Å². The highest BCUT2D eigenvalue weighted by atomic mass is 16.3. The van der Waals surface area contributed by atoms with Gasteiger partial charge in [0, 0.05) is 19.2 Å². The number of hydrogen-bond donors (Lipinski definition) is 3. The van der Waals surface area contributed by atoms with Gasteiger partial charge >= 0.3 is 0 Å². The summed E-state index contributed by atoms with van der Waals surface area (Å²) in [4.78, 5) is 11.5. The van der Waals surface area contributed by atoms with E-state index >= 15 is 0 Å². The van der Waals surface area contributed by atoms with E-state index in [-0.39, 0.29) is 12.5 Å². The Labute approximate surface area is 104 Å². The second kappa shape index (κ2) is 8.48. The fourth-order valence-electron chi connectivity index (χ4n) is 2.20. The van der Waals surface area contributed by atoms with Crippen LogP contribution < -0.4 is 10.6 Å². The first-order valence-electron chi connectivity index (χ1n) is 6.83. The van der Waals surface area contributed by atoms with E-state index in [0.717, 1.165) is 19.4 Å². The van der Waals surface area contributed by atoms with Gasteiger partial charge in [-0.1, -0.05) is 19.8 Å². The molecule has 4 heteroatoms. The van der Waals surface area contributed by atoms with Crippen molar-refractivity contribution in [3.63, 3.8) is 0 Å². The van der Waals surface area contributed by atoms with Crippen molar-refractivity contribution in [2.75, 3.05) is 19.7 Å². The van der Waals surface area contributed by atoms with Crippen LogP contribution in [-0.2, 0) is 4.79 Å². The summed E-state index contributed by atoms with van der Waals surface area (Å²) >= 11 is 0. The van der Waals surface area contributed by atoms with E-state index in [1.807, 2.05) is 6.92 Å². The SMILES string of the molecule is CC(CO)CCCNC(=O)CNC1CCCC1. The number of aliphatic hydroxyl groups is 1. The van der Waals surface area contributed by atoms with Gasteiger partial charge in [-0.15, -0.1) is 0 Å². The molecule has 0 spiro atoms. The van der Waals surface area contributed by atoms with Gasteiger partial charge in [0.25, 0.3) is 0 Å². The summed E-state index contributed by atoms with van der Waals surface area (Å²) in [5.41, 5.74) is 0. The van der Waals surface area contributed by atoms with Gasteiger partial charge in [-0.2, -0.15) is 0 Å². The average Bonchev–Trinajstić information content (AvgIpc) is 2.84. The predicted octanol–water partition coefficient (Wildman–Crippen LogP) is 1.04. The van der Waals surface area contributed by atoms with Gasteiger partial charge in [-0.05, 0) is 31.6 Å². The minimum atomic E-state index is 0.0913. The van der Waals surface area contributed by atoms with Crippen molar-refractivity contribution in [3.8, 4) is 0 Å². The van der Waals surface area contributed by atoms with E-state index in [0.29, 0.717) is 18.5 Å². The summed E-state index contributed by atoms with van der Waals surface area (Å²) in [5, 5.41) is 15.0. The van der Waals surface area contributed by atoms with E-state index in [4.69, 9.17) is 5.11 Å². The summed E-state index contributed by atoms with van der Waals surface area (Å²) in [6.45, 7) is 3.41. The molecule has 1 saturated carbocycles. The van der Waals surface area contributed by atoms with Crippen LogP contribution in [0, 0.1) is 5.92 Å². The molecule has 0 aromatic rings.